The quantitative estimate of drug-likeness (QED) is 0.225. The molecule has 1 amide bonds. The highest BCUT2D eigenvalue weighted by Gasteiger charge is 2.12. The number of imidazole rings is 1. The van der Waals surface area contributed by atoms with Gasteiger partial charge < -0.3 is 20.7 Å². The van der Waals surface area contributed by atoms with Gasteiger partial charge in [-0.2, -0.15) is 5.10 Å². The van der Waals surface area contributed by atoms with E-state index >= 15 is 0 Å². The number of aliphatic hydroxyl groups is 1. The number of amides is 1. The molecule has 0 saturated carbocycles. The molecule has 0 aliphatic carbocycles. The van der Waals surface area contributed by atoms with E-state index in [-0.39, 0.29) is 12.5 Å². The summed E-state index contributed by atoms with van der Waals surface area (Å²) in [7, 11) is 0. The number of rotatable bonds is 7. The Labute approximate surface area is 210 Å². The highest BCUT2D eigenvalue weighted by atomic mass is 16.3. The molecule has 0 aliphatic rings. The van der Waals surface area contributed by atoms with E-state index in [0.29, 0.717) is 29.7 Å². The molecule has 186 valence electrons. The van der Waals surface area contributed by atoms with Crippen molar-refractivity contribution in [2.75, 3.05) is 17.2 Å². The van der Waals surface area contributed by atoms with Crippen LogP contribution in [-0.2, 0) is 6.54 Å². The number of para-hydroxylation sites is 1. The largest absolute Gasteiger partial charge is 0.394 e. The number of anilines is 3. The molecule has 0 unspecified atom stereocenters. The minimum Gasteiger partial charge on any atom is -0.394 e. The topological polar surface area (TPSA) is 108 Å². The smallest absolute Gasteiger partial charge is 0.255 e. The van der Waals surface area contributed by atoms with Crippen molar-refractivity contribution in [2.24, 2.45) is 0 Å². The van der Waals surface area contributed by atoms with Gasteiger partial charge in [0.25, 0.3) is 5.91 Å². The Hall–Kier alpha value is -4.17. The maximum atomic E-state index is 12.9. The average Bonchev–Trinajstić information content (AvgIpc) is 3.48. The van der Waals surface area contributed by atoms with Gasteiger partial charge in [-0.15, -0.1) is 0 Å². The number of hydrogen-bond donors (Lipinski definition) is 4. The Morgan fingerprint density at radius 2 is 1.89 bits per heavy atom. The van der Waals surface area contributed by atoms with Gasteiger partial charge in [0.15, 0.2) is 0 Å². The summed E-state index contributed by atoms with van der Waals surface area (Å²) in [5.41, 5.74) is 5.88. The molecule has 8 heteroatoms. The first-order valence-electron chi connectivity index (χ1n) is 12.3. The zero-order valence-electron chi connectivity index (χ0n) is 21.0. The standard InChI is InChI=1S/C26H26N6O2.C2H6/c1-16(2)20-5-3-4-6-21(20)29-26-30-22-9-7-17(14-23(22)31-26)25(34)28-19-8-10-24-18(13-19)15-27-32(24)11-12-33;1-2/h3-10,13-16,33H,11-12H2,1-2H3,(H,28,34)(H2,29,30,31);1-2H3. The number of aliphatic hydroxyl groups excluding tert-OH is 1. The SMILES string of the molecule is CC.CC(C)c1ccccc1Nc1nc2ccc(C(=O)Nc3ccc4c(cnn4CCO)c3)cc2[nH]1. The van der Waals surface area contributed by atoms with E-state index in [2.05, 4.69) is 45.6 Å². The molecule has 36 heavy (non-hydrogen) atoms. The number of aromatic nitrogens is 4. The first-order chi connectivity index (χ1) is 17.5. The number of H-pyrrole nitrogens is 1. The summed E-state index contributed by atoms with van der Waals surface area (Å²) in [6.45, 7) is 8.76. The summed E-state index contributed by atoms with van der Waals surface area (Å²) in [5, 5.41) is 20.6. The summed E-state index contributed by atoms with van der Waals surface area (Å²) in [6.07, 6.45) is 1.73. The van der Waals surface area contributed by atoms with Crippen LogP contribution in [0.1, 0.15) is 49.5 Å². The molecule has 0 radical (unpaired) electrons. The zero-order valence-corrected chi connectivity index (χ0v) is 21.0. The number of benzene rings is 3. The average molecular weight is 485 g/mol. The molecule has 5 rings (SSSR count). The number of carbonyl (C=O) groups is 1. The normalized spacial score (nSPS) is 10.9. The van der Waals surface area contributed by atoms with Gasteiger partial charge in [0.1, 0.15) is 0 Å². The molecule has 5 aromatic rings. The van der Waals surface area contributed by atoms with Crippen molar-refractivity contribution >= 4 is 45.2 Å². The van der Waals surface area contributed by atoms with Crippen molar-refractivity contribution in [3.05, 3.63) is 78.0 Å². The monoisotopic (exact) mass is 484 g/mol. The van der Waals surface area contributed by atoms with Crippen molar-refractivity contribution in [1.29, 1.82) is 0 Å². The van der Waals surface area contributed by atoms with E-state index in [1.54, 1.807) is 23.0 Å². The summed E-state index contributed by atoms with van der Waals surface area (Å²) >= 11 is 0. The van der Waals surface area contributed by atoms with Gasteiger partial charge in [0, 0.05) is 22.3 Å². The number of fused-ring (bicyclic) bond motifs is 2. The molecular formula is C28H32N6O2. The Balaban J connectivity index is 0.00000148. The third-order valence-corrected chi connectivity index (χ3v) is 5.79. The fourth-order valence-corrected chi connectivity index (χ4v) is 4.09. The first kappa shape index (κ1) is 24.9. The highest BCUT2D eigenvalue weighted by Crippen LogP contribution is 2.27. The molecule has 2 aromatic heterocycles. The van der Waals surface area contributed by atoms with Gasteiger partial charge in [-0.3, -0.25) is 9.48 Å². The van der Waals surface area contributed by atoms with E-state index < -0.39 is 0 Å². The van der Waals surface area contributed by atoms with Gasteiger partial charge in [0.2, 0.25) is 5.95 Å². The first-order valence-corrected chi connectivity index (χ1v) is 12.3. The van der Waals surface area contributed by atoms with E-state index in [4.69, 9.17) is 5.11 Å². The van der Waals surface area contributed by atoms with Crippen molar-refractivity contribution in [3.8, 4) is 0 Å². The fraction of sp³-hybridized carbons (Fsp3) is 0.250. The fourth-order valence-electron chi connectivity index (χ4n) is 4.09. The van der Waals surface area contributed by atoms with E-state index in [0.717, 1.165) is 27.6 Å². The Morgan fingerprint density at radius 1 is 1.08 bits per heavy atom. The minimum atomic E-state index is -0.210. The van der Waals surface area contributed by atoms with Crippen LogP contribution < -0.4 is 10.6 Å². The van der Waals surface area contributed by atoms with Crippen molar-refractivity contribution in [2.45, 2.75) is 40.2 Å². The summed E-state index contributed by atoms with van der Waals surface area (Å²) in [5.74, 6) is 0.802. The number of aromatic amines is 1. The van der Waals surface area contributed by atoms with Crippen LogP contribution in [0.25, 0.3) is 21.9 Å². The lowest BCUT2D eigenvalue weighted by Gasteiger charge is -2.12. The van der Waals surface area contributed by atoms with E-state index in [1.807, 2.05) is 56.3 Å². The predicted octanol–water partition coefficient (Wildman–Crippen LogP) is 6.05. The molecule has 0 fully saturated rings. The molecule has 3 aromatic carbocycles. The van der Waals surface area contributed by atoms with Crippen LogP contribution in [0.3, 0.4) is 0 Å². The maximum absolute atomic E-state index is 12.9. The molecule has 0 atom stereocenters. The van der Waals surface area contributed by atoms with Crippen LogP contribution in [-0.4, -0.2) is 37.4 Å². The molecule has 0 bridgehead atoms. The Kier molecular flexibility index (Phi) is 7.65. The van der Waals surface area contributed by atoms with Gasteiger partial charge >= 0.3 is 0 Å². The number of hydrogen-bond acceptors (Lipinski definition) is 5. The number of nitrogens with zero attached hydrogens (tertiary/aromatic N) is 3. The molecular weight excluding hydrogens is 452 g/mol. The van der Waals surface area contributed by atoms with E-state index in [9.17, 15) is 4.79 Å². The third kappa shape index (κ3) is 5.23. The Bertz CT molecular complexity index is 1480. The van der Waals surface area contributed by atoms with Gasteiger partial charge in [-0.1, -0.05) is 45.9 Å². The summed E-state index contributed by atoms with van der Waals surface area (Å²) < 4.78 is 1.73. The molecule has 0 spiro atoms. The van der Waals surface area contributed by atoms with Crippen LogP contribution in [0.15, 0.2) is 66.9 Å². The van der Waals surface area contributed by atoms with Crippen molar-refractivity contribution in [3.63, 3.8) is 0 Å². The summed E-state index contributed by atoms with van der Waals surface area (Å²) in [6, 6.07) is 19.2. The van der Waals surface area contributed by atoms with Crippen molar-refractivity contribution in [1.82, 2.24) is 19.7 Å². The number of carbonyl (C=O) groups excluding carboxylic acids is 1. The highest BCUT2D eigenvalue weighted by molar-refractivity contribution is 6.06. The van der Waals surface area contributed by atoms with Gasteiger partial charge in [-0.05, 0) is 53.9 Å². The third-order valence-electron chi connectivity index (χ3n) is 5.79. The number of nitrogens with one attached hydrogen (secondary N) is 3. The lowest BCUT2D eigenvalue weighted by molar-refractivity contribution is 0.102. The molecule has 0 aliphatic heterocycles. The molecule has 2 heterocycles. The molecule has 8 nitrogen and oxygen atoms in total. The van der Waals surface area contributed by atoms with Crippen LogP contribution >= 0.6 is 0 Å². The second-order valence-corrected chi connectivity index (χ2v) is 8.50. The van der Waals surface area contributed by atoms with Gasteiger partial charge in [0.05, 0.1) is 35.9 Å². The van der Waals surface area contributed by atoms with Crippen molar-refractivity contribution < 1.29 is 9.90 Å². The zero-order chi connectivity index (χ0) is 25.7. The summed E-state index contributed by atoms with van der Waals surface area (Å²) in [4.78, 5) is 20.8. The van der Waals surface area contributed by atoms with E-state index in [1.165, 1.54) is 5.56 Å². The van der Waals surface area contributed by atoms with Crippen LogP contribution in [0.2, 0.25) is 0 Å². The predicted molar refractivity (Wildman–Crippen MR) is 146 cm³/mol. The maximum Gasteiger partial charge on any atom is 0.255 e. The minimum absolute atomic E-state index is 0.0207. The van der Waals surface area contributed by atoms with Crippen LogP contribution in [0, 0.1) is 0 Å². The second kappa shape index (κ2) is 11.0. The molecule has 4 N–H and O–H groups in total. The lowest BCUT2D eigenvalue weighted by Crippen LogP contribution is -2.11. The van der Waals surface area contributed by atoms with Crippen LogP contribution in [0.4, 0.5) is 17.3 Å². The lowest BCUT2D eigenvalue weighted by atomic mass is 10.0. The second-order valence-electron chi connectivity index (χ2n) is 8.50. The van der Waals surface area contributed by atoms with Crippen LogP contribution in [0.5, 0.6) is 0 Å². The van der Waals surface area contributed by atoms with Gasteiger partial charge in [-0.25, -0.2) is 4.98 Å². The molecule has 0 saturated heterocycles. The Morgan fingerprint density at radius 3 is 2.67 bits per heavy atom.